The first-order valence-corrected chi connectivity index (χ1v) is 6.38. The maximum Gasteiger partial charge on any atom is 0.397 e. The van der Waals surface area contributed by atoms with Crippen molar-refractivity contribution >= 4 is 11.9 Å². The van der Waals surface area contributed by atoms with Crippen LogP contribution in [0.3, 0.4) is 0 Å². The van der Waals surface area contributed by atoms with Gasteiger partial charge in [0, 0.05) is 12.5 Å². The zero-order chi connectivity index (χ0) is 15.9. The lowest BCUT2D eigenvalue weighted by atomic mass is 10.0. The second-order valence-electron chi connectivity index (χ2n) is 4.68. The van der Waals surface area contributed by atoms with E-state index in [-0.39, 0.29) is 19.3 Å². The number of nitrogens with one attached hydrogen (secondary N) is 1. The van der Waals surface area contributed by atoms with E-state index >= 15 is 0 Å². The highest BCUT2D eigenvalue weighted by atomic mass is 19.4. The summed E-state index contributed by atoms with van der Waals surface area (Å²) < 4.78 is 36.4. The third-order valence-electron chi connectivity index (χ3n) is 2.76. The molecular formula is C14H16F3NO3. The molecule has 0 saturated heterocycles. The number of alkyl halides is 3. The van der Waals surface area contributed by atoms with E-state index in [1.165, 1.54) is 0 Å². The van der Waals surface area contributed by atoms with Gasteiger partial charge in [0.15, 0.2) is 0 Å². The number of carboxylic acids is 1. The van der Waals surface area contributed by atoms with E-state index in [9.17, 15) is 22.8 Å². The van der Waals surface area contributed by atoms with Gasteiger partial charge in [0.05, 0.1) is 0 Å². The summed E-state index contributed by atoms with van der Waals surface area (Å²) in [7, 11) is 0. The van der Waals surface area contributed by atoms with Crippen molar-refractivity contribution in [3.05, 3.63) is 35.9 Å². The van der Waals surface area contributed by atoms with Crippen molar-refractivity contribution in [2.45, 2.75) is 37.9 Å². The van der Waals surface area contributed by atoms with Gasteiger partial charge >= 0.3 is 12.1 Å². The van der Waals surface area contributed by atoms with Crippen LogP contribution in [0.15, 0.2) is 30.3 Å². The fraction of sp³-hybridized carbons (Fsp3) is 0.429. The average molecular weight is 303 g/mol. The predicted octanol–water partition coefficient (Wildman–Crippen LogP) is 2.53. The molecule has 0 aliphatic carbocycles. The number of benzene rings is 1. The van der Waals surface area contributed by atoms with Crippen LogP contribution in [-0.2, 0) is 16.0 Å². The van der Waals surface area contributed by atoms with E-state index in [4.69, 9.17) is 5.11 Å². The van der Waals surface area contributed by atoms with Gasteiger partial charge in [-0.2, -0.15) is 13.2 Å². The van der Waals surface area contributed by atoms with Crippen LogP contribution < -0.4 is 5.32 Å². The van der Waals surface area contributed by atoms with Crippen molar-refractivity contribution in [1.82, 2.24) is 5.32 Å². The fourth-order valence-corrected chi connectivity index (χ4v) is 1.88. The van der Waals surface area contributed by atoms with Crippen LogP contribution in [0.2, 0.25) is 0 Å². The van der Waals surface area contributed by atoms with Gasteiger partial charge < -0.3 is 10.4 Å². The van der Waals surface area contributed by atoms with Gasteiger partial charge in [-0.15, -0.1) is 0 Å². The zero-order valence-corrected chi connectivity index (χ0v) is 11.2. The van der Waals surface area contributed by atoms with E-state index in [1.807, 2.05) is 0 Å². The van der Waals surface area contributed by atoms with Crippen molar-refractivity contribution in [2.75, 3.05) is 0 Å². The first kappa shape index (κ1) is 17.0. The van der Waals surface area contributed by atoms with Crippen molar-refractivity contribution in [3.63, 3.8) is 0 Å². The molecule has 0 aromatic heterocycles. The molecule has 2 N–H and O–H groups in total. The minimum atomic E-state index is -4.58. The first-order chi connectivity index (χ1) is 9.76. The Balaban J connectivity index is 2.63. The third-order valence-corrected chi connectivity index (χ3v) is 2.76. The summed E-state index contributed by atoms with van der Waals surface area (Å²) in [5, 5.41) is 10.9. The van der Waals surface area contributed by atoms with Crippen molar-refractivity contribution in [3.8, 4) is 0 Å². The Morgan fingerprint density at radius 2 is 1.81 bits per heavy atom. The number of aliphatic carboxylic acids is 1. The fourth-order valence-electron chi connectivity index (χ4n) is 1.88. The molecule has 21 heavy (non-hydrogen) atoms. The Hall–Kier alpha value is -2.05. The average Bonchev–Trinajstić information content (AvgIpc) is 2.34. The highest BCUT2D eigenvalue weighted by molar-refractivity contribution is 5.77. The van der Waals surface area contributed by atoms with Gasteiger partial charge in [-0.25, -0.2) is 0 Å². The molecular weight excluding hydrogens is 287 g/mol. The number of halogens is 3. The van der Waals surface area contributed by atoms with Gasteiger partial charge in [-0.1, -0.05) is 30.3 Å². The smallest absolute Gasteiger partial charge is 0.397 e. The Morgan fingerprint density at radius 3 is 2.33 bits per heavy atom. The molecule has 0 saturated carbocycles. The molecule has 1 rings (SSSR count). The quantitative estimate of drug-likeness (QED) is 0.813. The van der Waals surface area contributed by atoms with Crippen LogP contribution in [-0.4, -0.2) is 29.2 Å². The number of carboxylic acid groups (broad SMARTS) is 1. The zero-order valence-electron chi connectivity index (χ0n) is 11.2. The number of amides is 1. The topological polar surface area (TPSA) is 66.4 Å². The number of carbonyl (C=O) groups excluding carboxylic acids is 1. The van der Waals surface area contributed by atoms with Crippen LogP contribution in [0.4, 0.5) is 13.2 Å². The predicted molar refractivity (Wildman–Crippen MR) is 69.6 cm³/mol. The molecule has 1 aromatic rings. The van der Waals surface area contributed by atoms with Crippen LogP contribution in [0.25, 0.3) is 0 Å². The van der Waals surface area contributed by atoms with Crippen LogP contribution in [0.1, 0.15) is 24.8 Å². The monoisotopic (exact) mass is 303 g/mol. The molecule has 1 unspecified atom stereocenters. The normalized spacial score (nSPS) is 12.7. The van der Waals surface area contributed by atoms with Gasteiger partial charge in [-0.3, -0.25) is 9.59 Å². The Kier molecular flexibility index (Phi) is 6.20. The summed E-state index contributed by atoms with van der Waals surface area (Å²) in [5.74, 6) is -2.20. The van der Waals surface area contributed by atoms with E-state index < -0.39 is 30.5 Å². The number of hydrogen-bond acceptors (Lipinski definition) is 2. The molecule has 1 aromatic carbocycles. The SMILES string of the molecule is O=C(O)CCC(Cc1ccccc1)NC(=O)CC(F)(F)F. The molecule has 0 fully saturated rings. The first-order valence-electron chi connectivity index (χ1n) is 6.38. The van der Waals surface area contributed by atoms with E-state index in [0.29, 0.717) is 0 Å². The number of carbonyl (C=O) groups is 2. The van der Waals surface area contributed by atoms with Crippen LogP contribution >= 0.6 is 0 Å². The minimum absolute atomic E-state index is 0.0772. The van der Waals surface area contributed by atoms with E-state index in [2.05, 4.69) is 5.32 Å². The summed E-state index contributed by atoms with van der Waals surface area (Å²) in [5.41, 5.74) is 0.820. The Labute approximate surface area is 120 Å². The lowest BCUT2D eigenvalue weighted by Crippen LogP contribution is -2.38. The Morgan fingerprint density at radius 1 is 1.19 bits per heavy atom. The molecule has 0 aliphatic heterocycles. The Bertz CT molecular complexity index is 474. The van der Waals surface area contributed by atoms with Crippen molar-refractivity contribution in [2.24, 2.45) is 0 Å². The largest absolute Gasteiger partial charge is 0.481 e. The maximum absolute atomic E-state index is 12.1. The summed E-state index contributed by atoms with van der Waals surface area (Å²) in [4.78, 5) is 21.9. The molecule has 0 heterocycles. The molecule has 0 radical (unpaired) electrons. The summed E-state index contributed by atoms with van der Waals surface area (Å²) >= 11 is 0. The van der Waals surface area contributed by atoms with E-state index in [1.54, 1.807) is 30.3 Å². The maximum atomic E-state index is 12.1. The van der Waals surface area contributed by atoms with Crippen LogP contribution in [0.5, 0.6) is 0 Å². The highest BCUT2D eigenvalue weighted by Gasteiger charge is 2.32. The molecule has 7 heteroatoms. The third kappa shape index (κ3) is 7.96. The molecule has 0 aliphatic rings. The minimum Gasteiger partial charge on any atom is -0.481 e. The van der Waals surface area contributed by atoms with Crippen molar-refractivity contribution in [1.29, 1.82) is 0 Å². The molecule has 116 valence electrons. The highest BCUT2D eigenvalue weighted by Crippen LogP contribution is 2.19. The summed E-state index contributed by atoms with van der Waals surface area (Å²) in [6.07, 6.45) is -5.99. The molecule has 1 atom stereocenters. The number of rotatable bonds is 7. The molecule has 4 nitrogen and oxygen atoms in total. The van der Waals surface area contributed by atoms with Gasteiger partial charge in [0.25, 0.3) is 0 Å². The molecule has 0 bridgehead atoms. The number of hydrogen-bond donors (Lipinski definition) is 2. The van der Waals surface area contributed by atoms with Crippen LogP contribution in [0, 0.1) is 0 Å². The van der Waals surface area contributed by atoms with E-state index in [0.717, 1.165) is 5.56 Å². The lowest BCUT2D eigenvalue weighted by Gasteiger charge is -2.19. The van der Waals surface area contributed by atoms with Gasteiger partial charge in [-0.05, 0) is 18.4 Å². The molecule has 0 spiro atoms. The standard InChI is InChI=1S/C14H16F3NO3/c15-14(16,17)9-12(19)18-11(6-7-13(20)21)8-10-4-2-1-3-5-10/h1-5,11H,6-9H2,(H,18,19)(H,20,21). The van der Waals surface area contributed by atoms with Crippen molar-refractivity contribution < 1.29 is 27.9 Å². The second kappa shape index (κ2) is 7.66. The molecule has 1 amide bonds. The van der Waals surface area contributed by atoms with Gasteiger partial charge in [0.1, 0.15) is 6.42 Å². The second-order valence-corrected chi connectivity index (χ2v) is 4.68. The summed E-state index contributed by atoms with van der Waals surface area (Å²) in [6.45, 7) is 0. The van der Waals surface area contributed by atoms with Gasteiger partial charge in [0.2, 0.25) is 5.91 Å². The lowest BCUT2D eigenvalue weighted by molar-refractivity contribution is -0.154. The summed E-state index contributed by atoms with van der Waals surface area (Å²) in [6, 6.07) is 8.21.